The highest BCUT2D eigenvalue weighted by atomic mass is 16.2. The summed E-state index contributed by atoms with van der Waals surface area (Å²) in [5.74, 6) is -0.370. The smallest absolute Gasteiger partial charge is 0.278 e. The number of hydrogen-bond acceptors (Lipinski definition) is 7. The first-order chi connectivity index (χ1) is 12.6. The Balaban J connectivity index is 1.84. The van der Waals surface area contributed by atoms with Gasteiger partial charge in [-0.05, 0) is 24.3 Å². The van der Waals surface area contributed by atoms with E-state index in [1.165, 1.54) is 60.8 Å². The Bertz CT molecular complexity index is 846. The highest BCUT2D eigenvalue weighted by Crippen LogP contribution is 2.11. The topological polar surface area (TPSA) is 105 Å². The summed E-state index contributed by atoms with van der Waals surface area (Å²) in [5.41, 5.74) is 0.210. The molecular weight excluding hydrogens is 334 g/mol. The van der Waals surface area contributed by atoms with Crippen LogP contribution >= 0.6 is 0 Å². The quantitative estimate of drug-likeness (QED) is 0.697. The van der Waals surface area contributed by atoms with Crippen molar-refractivity contribution in [1.82, 2.24) is 24.9 Å². The highest BCUT2D eigenvalue weighted by molar-refractivity contribution is 6.06. The predicted octanol–water partition coefficient (Wildman–Crippen LogP) is 1.21. The zero-order valence-electron chi connectivity index (χ0n) is 14.1. The maximum absolute atomic E-state index is 12.6. The lowest BCUT2D eigenvalue weighted by atomic mass is 10.2. The number of pyridine rings is 1. The first-order valence-electron chi connectivity index (χ1n) is 7.65. The molecular formula is C17H15N7O2. The number of rotatable bonds is 4. The Hall–Kier alpha value is -3.75. The van der Waals surface area contributed by atoms with Crippen molar-refractivity contribution in [2.24, 2.45) is 0 Å². The minimum atomic E-state index is -0.426. The summed E-state index contributed by atoms with van der Waals surface area (Å²) < 4.78 is 0. The molecule has 9 nitrogen and oxygen atoms in total. The SMILES string of the molecule is CN(C(=O)c1cccc(C(=O)N(C)c2ncccn2)n1)c1ncccn1. The van der Waals surface area contributed by atoms with Crippen molar-refractivity contribution in [2.45, 2.75) is 0 Å². The number of hydrogen-bond donors (Lipinski definition) is 0. The molecule has 0 atom stereocenters. The van der Waals surface area contributed by atoms with Gasteiger partial charge in [-0.15, -0.1) is 0 Å². The molecule has 3 aromatic heterocycles. The third kappa shape index (κ3) is 3.51. The molecule has 0 saturated heterocycles. The van der Waals surface area contributed by atoms with Crippen LogP contribution in [0.5, 0.6) is 0 Å². The predicted molar refractivity (Wildman–Crippen MR) is 93.8 cm³/mol. The summed E-state index contributed by atoms with van der Waals surface area (Å²) in [6, 6.07) is 7.95. The lowest BCUT2D eigenvalue weighted by molar-refractivity contribution is 0.0982. The third-order valence-corrected chi connectivity index (χ3v) is 3.50. The van der Waals surface area contributed by atoms with Gasteiger partial charge in [-0.3, -0.25) is 19.4 Å². The lowest BCUT2D eigenvalue weighted by Gasteiger charge is -2.16. The van der Waals surface area contributed by atoms with Crippen LogP contribution in [0.2, 0.25) is 0 Å². The number of anilines is 2. The largest absolute Gasteiger partial charge is 0.278 e. The van der Waals surface area contributed by atoms with Crippen LogP contribution in [0.1, 0.15) is 21.0 Å². The van der Waals surface area contributed by atoms with Gasteiger partial charge in [0.1, 0.15) is 11.4 Å². The summed E-state index contributed by atoms with van der Waals surface area (Å²) >= 11 is 0. The van der Waals surface area contributed by atoms with Gasteiger partial charge in [0.25, 0.3) is 11.8 Å². The van der Waals surface area contributed by atoms with Crippen LogP contribution in [-0.4, -0.2) is 50.8 Å². The number of carbonyl (C=O) groups excluding carboxylic acids is 2. The van der Waals surface area contributed by atoms with Gasteiger partial charge >= 0.3 is 0 Å². The van der Waals surface area contributed by atoms with Crippen LogP contribution in [0, 0.1) is 0 Å². The Morgan fingerprint density at radius 1 is 0.692 bits per heavy atom. The summed E-state index contributed by atoms with van der Waals surface area (Å²) in [4.78, 5) is 48.0. The van der Waals surface area contributed by atoms with E-state index in [2.05, 4.69) is 24.9 Å². The molecule has 3 heterocycles. The van der Waals surface area contributed by atoms with E-state index in [1.807, 2.05) is 0 Å². The Labute approximate surface area is 149 Å². The van der Waals surface area contributed by atoms with Gasteiger partial charge < -0.3 is 0 Å². The second-order valence-corrected chi connectivity index (χ2v) is 5.23. The molecule has 0 bridgehead atoms. The van der Waals surface area contributed by atoms with Gasteiger partial charge in [0.05, 0.1) is 0 Å². The molecule has 0 fully saturated rings. The molecule has 0 aliphatic heterocycles. The van der Waals surface area contributed by atoms with E-state index in [9.17, 15) is 9.59 Å². The molecule has 0 aliphatic rings. The average molecular weight is 349 g/mol. The molecule has 9 heteroatoms. The van der Waals surface area contributed by atoms with Gasteiger partial charge in [-0.1, -0.05) is 6.07 Å². The van der Waals surface area contributed by atoms with Crippen LogP contribution in [0.3, 0.4) is 0 Å². The normalized spacial score (nSPS) is 10.2. The van der Waals surface area contributed by atoms with Crippen LogP contribution < -0.4 is 9.80 Å². The Kier molecular flexibility index (Phi) is 4.88. The first-order valence-corrected chi connectivity index (χ1v) is 7.65. The minimum absolute atomic E-state index is 0.105. The zero-order chi connectivity index (χ0) is 18.5. The Morgan fingerprint density at radius 2 is 1.08 bits per heavy atom. The van der Waals surface area contributed by atoms with Gasteiger partial charge in [-0.25, -0.2) is 24.9 Å². The van der Waals surface area contributed by atoms with Gasteiger partial charge in [0.2, 0.25) is 11.9 Å². The molecule has 26 heavy (non-hydrogen) atoms. The first kappa shape index (κ1) is 17.1. The van der Waals surface area contributed by atoms with Crippen molar-refractivity contribution in [3.63, 3.8) is 0 Å². The van der Waals surface area contributed by atoms with E-state index in [0.29, 0.717) is 0 Å². The van der Waals surface area contributed by atoms with Crippen molar-refractivity contribution in [1.29, 1.82) is 0 Å². The molecule has 0 unspecified atom stereocenters. The molecule has 0 aromatic carbocycles. The van der Waals surface area contributed by atoms with Crippen molar-refractivity contribution < 1.29 is 9.59 Å². The van der Waals surface area contributed by atoms with E-state index in [0.717, 1.165) is 0 Å². The molecule has 0 radical (unpaired) electrons. The average Bonchev–Trinajstić information content (AvgIpc) is 2.73. The Morgan fingerprint density at radius 3 is 1.46 bits per heavy atom. The fourth-order valence-corrected chi connectivity index (χ4v) is 2.13. The third-order valence-electron chi connectivity index (χ3n) is 3.50. The van der Waals surface area contributed by atoms with Crippen molar-refractivity contribution in [3.8, 4) is 0 Å². The van der Waals surface area contributed by atoms with Crippen molar-refractivity contribution in [2.75, 3.05) is 23.9 Å². The number of aromatic nitrogens is 5. The number of carbonyl (C=O) groups is 2. The lowest BCUT2D eigenvalue weighted by Crippen LogP contribution is -2.31. The van der Waals surface area contributed by atoms with Crippen LogP contribution in [0.25, 0.3) is 0 Å². The summed E-state index contributed by atoms with van der Waals surface area (Å²) in [5, 5.41) is 0. The fourth-order valence-electron chi connectivity index (χ4n) is 2.13. The van der Waals surface area contributed by atoms with E-state index < -0.39 is 11.8 Å². The van der Waals surface area contributed by atoms with Crippen molar-refractivity contribution in [3.05, 3.63) is 66.5 Å². The molecule has 130 valence electrons. The van der Waals surface area contributed by atoms with Gasteiger partial charge in [0.15, 0.2) is 0 Å². The van der Waals surface area contributed by atoms with Gasteiger partial charge in [0, 0.05) is 38.9 Å². The van der Waals surface area contributed by atoms with Crippen molar-refractivity contribution >= 4 is 23.7 Å². The highest BCUT2D eigenvalue weighted by Gasteiger charge is 2.21. The van der Waals surface area contributed by atoms with E-state index in [1.54, 1.807) is 18.2 Å². The number of nitrogens with zero attached hydrogens (tertiary/aromatic N) is 7. The van der Waals surface area contributed by atoms with Crippen LogP contribution in [0.15, 0.2) is 55.1 Å². The molecule has 0 N–H and O–H groups in total. The zero-order valence-corrected chi connectivity index (χ0v) is 14.1. The maximum Gasteiger partial charge on any atom is 0.278 e. The molecule has 0 spiro atoms. The summed E-state index contributed by atoms with van der Waals surface area (Å²) in [6.07, 6.45) is 6.14. The van der Waals surface area contributed by atoms with Crippen LogP contribution in [-0.2, 0) is 0 Å². The van der Waals surface area contributed by atoms with E-state index >= 15 is 0 Å². The monoisotopic (exact) mass is 349 g/mol. The maximum atomic E-state index is 12.6. The minimum Gasteiger partial charge on any atom is -0.278 e. The second kappa shape index (κ2) is 7.43. The molecule has 3 rings (SSSR count). The molecule has 0 aliphatic carbocycles. The summed E-state index contributed by atoms with van der Waals surface area (Å²) in [6.45, 7) is 0. The van der Waals surface area contributed by atoms with E-state index in [4.69, 9.17) is 0 Å². The van der Waals surface area contributed by atoms with Crippen LogP contribution in [0.4, 0.5) is 11.9 Å². The molecule has 2 amide bonds. The standard InChI is InChI=1S/C17H15N7O2/c1-23(16-18-8-4-9-19-16)14(25)12-6-3-7-13(22-12)15(26)24(2)17-20-10-5-11-21-17/h3-11H,1-2H3. The summed E-state index contributed by atoms with van der Waals surface area (Å²) in [7, 11) is 3.08. The fraction of sp³-hybridized carbons (Fsp3) is 0.118. The second-order valence-electron chi connectivity index (χ2n) is 5.23. The number of amides is 2. The molecule has 3 aromatic rings. The van der Waals surface area contributed by atoms with E-state index in [-0.39, 0.29) is 23.3 Å². The molecule has 0 saturated carbocycles. The van der Waals surface area contributed by atoms with Gasteiger partial charge in [-0.2, -0.15) is 0 Å².